The van der Waals surface area contributed by atoms with Gasteiger partial charge < -0.3 is 10.6 Å². The third-order valence-corrected chi connectivity index (χ3v) is 2.98. The standard InChI is InChI=1S/C13H18FN5/c1-3-18(4-2)13-16-12(15)19(17-13)9-10-5-7-11(14)8-6-10/h5-8H,3-4,9H2,1-2H3,(H2,15,16,17). The molecule has 0 unspecified atom stereocenters. The molecule has 0 atom stereocenters. The molecule has 19 heavy (non-hydrogen) atoms. The normalized spacial score (nSPS) is 10.7. The van der Waals surface area contributed by atoms with E-state index in [-0.39, 0.29) is 5.82 Å². The summed E-state index contributed by atoms with van der Waals surface area (Å²) in [5.74, 6) is 0.745. The molecule has 0 spiro atoms. The molecule has 6 heteroatoms. The molecule has 1 aromatic carbocycles. The van der Waals surface area contributed by atoms with Gasteiger partial charge in [-0.1, -0.05) is 12.1 Å². The van der Waals surface area contributed by atoms with E-state index in [9.17, 15) is 4.39 Å². The van der Waals surface area contributed by atoms with Crippen LogP contribution in [0.5, 0.6) is 0 Å². The molecule has 2 rings (SSSR count). The third kappa shape index (κ3) is 3.01. The average molecular weight is 263 g/mol. The van der Waals surface area contributed by atoms with Gasteiger partial charge in [0.25, 0.3) is 0 Å². The van der Waals surface area contributed by atoms with Gasteiger partial charge in [0.05, 0.1) is 6.54 Å². The Hall–Kier alpha value is -2.11. The van der Waals surface area contributed by atoms with Crippen LogP contribution in [-0.2, 0) is 6.54 Å². The number of halogens is 1. The summed E-state index contributed by atoms with van der Waals surface area (Å²) >= 11 is 0. The third-order valence-electron chi connectivity index (χ3n) is 2.98. The molecular formula is C13H18FN5. The molecule has 5 nitrogen and oxygen atoms in total. The number of hydrogen-bond acceptors (Lipinski definition) is 4. The predicted octanol–water partition coefficient (Wildman–Crippen LogP) is 1.89. The van der Waals surface area contributed by atoms with Gasteiger partial charge in [0.2, 0.25) is 11.9 Å². The summed E-state index contributed by atoms with van der Waals surface area (Å²) < 4.78 is 14.5. The smallest absolute Gasteiger partial charge is 0.246 e. The molecule has 0 aliphatic rings. The Morgan fingerprint density at radius 3 is 2.42 bits per heavy atom. The molecule has 2 N–H and O–H groups in total. The second-order valence-corrected chi connectivity index (χ2v) is 4.23. The minimum absolute atomic E-state index is 0.251. The number of nitrogens with two attached hydrogens (primary N) is 1. The molecule has 1 aromatic heterocycles. The van der Waals surface area contributed by atoms with Crippen molar-refractivity contribution in [2.45, 2.75) is 20.4 Å². The highest BCUT2D eigenvalue weighted by Gasteiger charge is 2.11. The first kappa shape index (κ1) is 13.3. The largest absolute Gasteiger partial charge is 0.368 e. The summed E-state index contributed by atoms with van der Waals surface area (Å²) in [7, 11) is 0. The van der Waals surface area contributed by atoms with Gasteiger partial charge in [-0.25, -0.2) is 9.07 Å². The van der Waals surface area contributed by atoms with E-state index in [0.29, 0.717) is 18.4 Å². The van der Waals surface area contributed by atoms with Crippen molar-refractivity contribution in [2.24, 2.45) is 0 Å². The highest BCUT2D eigenvalue weighted by molar-refractivity contribution is 5.35. The Morgan fingerprint density at radius 1 is 1.21 bits per heavy atom. The van der Waals surface area contributed by atoms with E-state index in [1.807, 2.05) is 18.7 Å². The highest BCUT2D eigenvalue weighted by Crippen LogP contribution is 2.13. The molecule has 102 valence electrons. The Labute approximate surface area is 111 Å². The van der Waals surface area contributed by atoms with Gasteiger partial charge in [0, 0.05) is 13.1 Å². The molecular weight excluding hydrogens is 245 g/mol. The van der Waals surface area contributed by atoms with E-state index in [0.717, 1.165) is 18.7 Å². The summed E-state index contributed by atoms with van der Waals surface area (Å²) in [6.07, 6.45) is 0. The average Bonchev–Trinajstić information content (AvgIpc) is 2.75. The fourth-order valence-electron chi connectivity index (χ4n) is 1.86. The fourth-order valence-corrected chi connectivity index (χ4v) is 1.86. The van der Waals surface area contributed by atoms with Crippen LogP contribution in [0.2, 0.25) is 0 Å². The van der Waals surface area contributed by atoms with Crippen molar-refractivity contribution in [1.82, 2.24) is 14.8 Å². The molecule has 0 saturated heterocycles. The zero-order valence-corrected chi connectivity index (χ0v) is 11.2. The van der Waals surface area contributed by atoms with E-state index in [1.54, 1.807) is 16.8 Å². The van der Waals surface area contributed by atoms with Gasteiger partial charge >= 0.3 is 0 Å². The number of nitrogen functional groups attached to an aromatic ring is 1. The molecule has 0 bridgehead atoms. The molecule has 0 fully saturated rings. The highest BCUT2D eigenvalue weighted by atomic mass is 19.1. The Morgan fingerprint density at radius 2 is 1.84 bits per heavy atom. The van der Waals surface area contributed by atoms with Gasteiger partial charge in [-0.05, 0) is 31.5 Å². The number of rotatable bonds is 5. The zero-order chi connectivity index (χ0) is 13.8. The number of anilines is 2. The lowest BCUT2D eigenvalue weighted by atomic mass is 10.2. The Bertz CT molecular complexity index is 530. The summed E-state index contributed by atoms with van der Waals surface area (Å²) in [5.41, 5.74) is 6.79. The lowest BCUT2D eigenvalue weighted by Crippen LogP contribution is -2.23. The monoisotopic (exact) mass is 263 g/mol. The van der Waals surface area contributed by atoms with Gasteiger partial charge in [-0.3, -0.25) is 0 Å². The Kier molecular flexibility index (Phi) is 3.99. The first-order valence-electron chi connectivity index (χ1n) is 6.33. The first-order chi connectivity index (χ1) is 9.13. The number of benzene rings is 1. The fraction of sp³-hybridized carbons (Fsp3) is 0.385. The van der Waals surface area contributed by atoms with E-state index in [4.69, 9.17) is 5.73 Å². The maximum absolute atomic E-state index is 12.8. The number of aromatic nitrogens is 3. The summed E-state index contributed by atoms with van der Waals surface area (Å²) in [4.78, 5) is 6.27. The van der Waals surface area contributed by atoms with Gasteiger partial charge in [-0.15, -0.1) is 5.10 Å². The molecule has 0 radical (unpaired) electrons. The summed E-state index contributed by atoms with van der Waals surface area (Å²) in [5, 5.41) is 4.38. The topological polar surface area (TPSA) is 60.0 Å². The van der Waals surface area contributed by atoms with Crippen molar-refractivity contribution in [3.63, 3.8) is 0 Å². The van der Waals surface area contributed by atoms with Gasteiger partial charge in [0.1, 0.15) is 5.82 Å². The van der Waals surface area contributed by atoms with Gasteiger partial charge in [0.15, 0.2) is 0 Å². The van der Waals surface area contributed by atoms with Crippen LogP contribution < -0.4 is 10.6 Å². The quantitative estimate of drug-likeness (QED) is 0.895. The van der Waals surface area contributed by atoms with E-state index in [2.05, 4.69) is 10.1 Å². The van der Waals surface area contributed by atoms with Crippen LogP contribution in [0.3, 0.4) is 0 Å². The molecule has 2 aromatic rings. The molecule has 0 aliphatic carbocycles. The molecule has 0 aliphatic heterocycles. The predicted molar refractivity (Wildman–Crippen MR) is 73.5 cm³/mol. The number of nitrogens with zero attached hydrogens (tertiary/aromatic N) is 4. The first-order valence-corrected chi connectivity index (χ1v) is 6.33. The van der Waals surface area contributed by atoms with E-state index in [1.165, 1.54) is 12.1 Å². The van der Waals surface area contributed by atoms with E-state index >= 15 is 0 Å². The van der Waals surface area contributed by atoms with Crippen LogP contribution in [0.1, 0.15) is 19.4 Å². The minimum atomic E-state index is -0.251. The SMILES string of the molecule is CCN(CC)c1nc(N)n(Cc2ccc(F)cc2)n1. The van der Waals surface area contributed by atoms with Crippen molar-refractivity contribution in [1.29, 1.82) is 0 Å². The summed E-state index contributed by atoms with van der Waals surface area (Å²) in [6.45, 7) is 6.23. The van der Waals surface area contributed by atoms with Crippen LogP contribution in [0.4, 0.5) is 16.3 Å². The van der Waals surface area contributed by atoms with E-state index < -0.39 is 0 Å². The van der Waals surface area contributed by atoms with Crippen molar-refractivity contribution < 1.29 is 4.39 Å². The summed E-state index contributed by atoms with van der Waals surface area (Å²) in [6, 6.07) is 6.28. The van der Waals surface area contributed by atoms with Crippen LogP contribution in [0, 0.1) is 5.82 Å². The lowest BCUT2D eigenvalue weighted by Gasteiger charge is -2.15. The molecule has 0 saturated carbocycles. The minimum Gasteiger partial charge on any atom is -0.368 e. The van der Waals surface area contributed by atoms with Crippen molar-refractivity contribution in [3.05, 3.63) is 35.6 Å². The zero-order valence-electron chi connectivity index (χ0n) is 11.2. The van der Waals surface area contributed by atoms with Crippen molar-refractivity contribution >= 4 is 11.9 Å². The van der Waals surface area contributed by atoms with Crippen molar-refractivity contribution in [2.75, 3.05) is 23.7 Å². The number of hydrogen-bond donors (Lipinski definition) is 1. The van der Waals surface area contributed by atoms with Crippen LogP contribution >= 0.6 is 0 Å². The molecule has 0 amide bonds. The maximum atomic E-state index is 12.8. The van der Waals surface area contributed by atoms with Gasteiger partial charge in [-0.2, -0.15) is 4.98 Å². The van der Waals surface area contributed by atoms with Crippen LogP contribution in [0.25, 0.3) is 0 Å². The maximum Gasteiger partial charge on any atom is 0.246 e. The lowest BCUT2D eigenvalue weighted by molar-refractivity contribution is 0.624. The Balaban J connectivity index is 2.19. The molecule has 1 heterocycles. The van der Waals surface area contributed by atoms with Crippen molar-refractivity contribution in [3.8, 4) is 0 Å². The second kappa shape index (κ2) is 5.69. The van der Waals surface area contributed by atoms with Crippen LogP contribution in [0.15, 0.2) is 24.3 Å². The van der Waals surface area contributed by atoms with Crippen LogP contribution in [-0.4, -0.2) is 27.9 Å². The second-order valence-electron chi connectivity index (χ2n) is 4.23.